The van der Waals surface area contributed by atoms with Gasteiger partial charge < -0.3 is 15.2 Å². The van der Waals surface area contributed by atoms with Crippen molar-refractivity contribution in [1.82, 2.24) is 25.4 Å². The van der Waals surface area contributed by atoms with Crippen LogP contribution in [0.25, 0.3) is 0 Å². The Morgan fingerprint density at radius 1 is 1.25 bits per heavy atom. The fourth-order valence-corrected chi connectivity index (χ4v) is 2.73. The van der Waals surface area contributed by atoms with Gasteiger partial charge in [-0.05, 0) is 31.0 Å². The van der Waals surface area contributed by atoms with Crippen molar-refractivity contribution >= 4 is 41.5 Å². The van der Waals surface area contributed by atoms with Crippen LogP contribution in [0, 0.1) is 0 Å². The fraction of sp³-hybridized carbons (Fsp3) is 0.438. The summed E-state index contributed by atoms with van der Waals surface area (Å²) in [6.45, 7) is 5.10. The Kier molecular flexibility index (Phi) is 7.29. The molecule has 2 heterocycles. The molecule has 1 aromatic heterocycles. The molecule has 2 N–H and O–H groups in total. The van der Waals surface area contributed by atoms with Crippen molar-refractivity contribution in [2.45, 2.75) is 39.4 Å². The smallest absolute Gasteiger partial charge is 0.191 e. The molecule has 0 fully saturated rings. The molecule has 24 heavy (non-hydrogen) atoms. The van der Waals surface area contributed by atoms with E-state index in [0.717, 1.165) is 54.1 Å². The topological polar surface area (TPSA) is 67.1 Å². The molecule has 8 heteroatoms. The third-order valence-electron chi connectivity index (χ3n) is 3.78. The second-order valence-electron chi connectivity index (χ2n) is 5.46. The maximum absolute atomic E-state index is 5.90. The molecule has 0 aliphatic carbocycles. The van der Waals surface area contributed by atoms with Crippen molar-refractivity contribution < 1.29 is 0 Å². The first-order valence-corrected chi connectivity index (χ1v) is 8.31. The summed E-state index contributed by atoms with van der Waals surface area (Å²) in [4.78, 5) is 4.60. The Balaban J connectivity index is 0.00000208. The summed E-state index contributed by atoms with van der Waals surface area (Å²) in [5.74, 6) is 2.83. The zero-order chi connectivity index (χ0) is 16.1. The van der Waals surface area contributed by atoms with Gasteiger partial charge in [0.1, 0.15) is 5.82 Å². The number of halogens is 2. The highest BCUT2D eigenvalue weighted by Crippen LogP contribution is 2.13. The lowest BCUT2D eigenvalue weighted by Gasteiger charge is -2.11. The molecule has 3 rings (SSSR count). The summed E-state index contributed by atoms with van der Waals surface area (Å²) in [6, 6.07) is 7.74. The Morgan fingerprint density at radius 3 is 2.79 bits per heavy atom. The van der Waals surface area contributed by atoms with Crippen molar-refractivity contribution in [3.8, 4) is 0 Å². The van der Waals surface area contributed by atoms with E-state index in [1.54, 1.807) is 0 Å². The molecule has 0 spiro atoms. The summed E-state index contributed by atoms with van der Waals surface area (Å²) in [5, 5.41) is 15.8. The minimum atomic E-state index is 0. The van der Waals surface area contributed by atoms with Crippen LogP contribution < -0.4 is 10.6 Å². The van der Waals surface area contributed by atoms with Crippen LogP contribution in [0.3, 0.4) is 0 Å². The molecule has 0 atom stereocenters. The standard InChI is InChI=1S/C16H21ClN6.HI/c1-2-18-16(19-10-12-5-7-13(17)8-6-12)20-11-15-22-21-14-4-3-9-23(14)15;/h5-8H,2-4,9-11H2,1H3,(H2,18,19,20);1H. The van der Waals surface area contributed by atoms with Crippen LogP contribution >= 0.6 is 35.6 Å². The van der Waals surface area contributed by atoms with E-state index in [-0.39, 0.29) is 24.0 Å². The molecular weight excluding hydrogens is 439 g/mol. The molecule has 6 nitrogen and oxygen atoms in total. The second-order valence-corrected chi connectivity index (χ2v) is 5.90. The highest BCUT2D eigenvalue weighted by atomic mass is 127. The molecule has 0 radical (unpaired) electrons. The summed E-state index contributed by atoms with van der Waals surface area (Å²) in [6.07, 6.45) is 2.18. The summed E-state index contributed by atoms with van der Waals surface area (Å²) < 4.78 is 2.19. The summed E-state index contributed by atoms with van der Waals surface area (Å²) in [7, 11) is 0. The second kappa shape index (κ2) is 9.22. The van der Waals surface area contributed by atoms with Gasteiger partial charge in [0, 0.05) is 24.5 Å². The van der Waals surface area contributed by atoms with Gasteiger partial charge in [0.15, 0.2) is 11.8 Å². The zero-order valence-corrected chi connectivity index (χ0v) is 16.7. The number of nitrogens with one attached hydrogen (secondary N) is 2. The van der Waals surface area contributed by atoms with Crippen LogP contribution in [-0.4, -0.2) is 27.3 Å². The van der Waals surface area contributed by atoms with Gasteiger partial charge in [-0.25, -0.2) is 4.99 Å². The normalized spacial score (nSPS) is 13.3. The Bertz CT molecular complexity index is 682. The zero-order valence-electron chi connectivity index (χ0n) is 13.6. The van der Waals surface area contributed by atoms with E-state index in [1.807, 2.05) is 31.2 Å². The van der Waals surface area contributed by atoms with Gasteiger partial charge in [-0.15, -0.1) is 34.2 Å². The molecule has 0 unspecified atom stereocenters. The number of aromatic nitrogens is 3. The number of aliphatic imine (C=N–C) groups is 1. The minimum absolute atomic E-state index is 0. The van der Waals surface area contributed by atoms with E-state index >= 15 is 0 Å². The maximum atomic E-state index is 5.90. The first-order chi connectivity index (χ1) is 11.3. The van der Waals surface area contributed by atoms with Gasteiger partial charge >= 0.3 is 0 Å². The lowest BCUT2D eigenvalue weighted by Crippen LogP contribution is -2.37. The van der Waals surface area contributed by atoms with Crippen LogP contribution in [0.2, 0.25) is 5.02 Å². The first kappa shape index (κ1) is 19.0. The van der Waals surface area contributed by atoms with Gasteiger partial charge in [0.05, 0.1) is 13.1 Å². The molecule has 0 amide bonds. The molecule has 1 aromatic carbocycles. The van der Waals surface area contributed by atoms with E-state index < -0.39 is 0 Å². The lowest BCUT2D eigenvalue weighted by molar-refractivity contribution is 0.663. The predicted octanol–water partition coefficient (Wildman–Crippen LogP) is 2.75. The van der Waals surface area contributed by atoms with Crippen molar-refractivity contribution in [3.63, 3.8) is 0 Å². The largest absolute Gasteiger partial charge is 0.357 e. The van der Waals surface area contributed by atoms with Crippen LogP contribution in [0.15, 0.2) is 29.3 Å². The van der Waals surface area contributed by atoms with Gasteiger partial charge in [-0.2, -0.15) is 0 Å². The molecule has 0 saturated carbocycles. The Hall–Kier alpha value is -1.35. The van der Waals surface area contributed by atoms with Gasteiger partial charge in [-0.1, -0.05) is 23.7 Å². The van der Waals surface area contributed by atoms with Crippen molar-refractivity contribution in [3.05, 3.63) is 46.5 Å². The maximum Gasteiger partial charge on any atom is 0.191 e. The Morgan fingerprint density at radius 2 is 2.04 bits per heavy atom. The average molecular weight is 461 g/mol. The van der Waals surface area contributed by atoms with Gasteiger partial charge in [-0.3, -0.25) is 0 Å². The van der Waals surface area contributed by atoms with E-state index in [1.165, 1.54) is 0 Å². The fourth-order valence-electron chi connectivity index (χ4n) is 2.61. The number of hydrogen-bond acceptors (Lipinski definition) is 3. The number of fused-ring (bicyclic) bond motifs is 1. The van der Waals surface area contributed by atoms with Crippen molar-refractivity contribution in [1.29, 1.82) is 0 Å². The van der Waals surface area contributed by atoms with Crippen molar-refractivity contribution in [2.75, 3.05) is 6.54 Å². The van der Waals surface area contributed by atoms with Crippen LogP contribution in [0.1, 0.15) is 30.6 Å². The van der Waals surface area contributed by atoms with E-state index in [2.05, 4.69) is 30.4 Å². The van der Waals surface area contributed by atoms with Gasteiger partial charge in [0.2, 0.25) is 0 Å². The lowest BCUT2D eigenvalue weighted by atomic mass is 10.2. The molecule has 0 bridgehead atoms. The van der Waals surface area contributed by atoms with Gasteiger partial charge in [0.25, 0.3) is 0 Å². The monoisotopic (exact) mass is 460 g/mol. The summed E-state index contributed by atoms with van der Waals surface area (Å²) >= 11 is 5.90. The predicted molar refractivity (Wildman–Crippen MR) is 107 cm³/mol. The summed E-state index contributed by atoms with van der Waals surface area (Å²) in [5.41, 5.74) is 1.12. The Labute approximate surface area is 164 Å². The van der Waals surface area contributed by atoms with Crippen molar-refractivity contribution in [2.24, 2.45) is 4.99 Å². The minimum Gasteiger partial charge on any atom is -0.357 e. The average Bonchev–Trinajstić information content (AvgIpc) is 3.15. The van der Waals surface area contributed by atoms with Crippen LogP contribution in [0.5, 0.6) is 0 Å². The molecule has 0 saturated heterocycles. The third-order valence-corrected chi connectivity index (χ3v) is 4.03. The van der Waals surface area contributed by atoms with Crippen LogP contribution in [0.4, 0.5) is 0 Å². The number of guanidine groups is 1. The van der Waals surface area contributed by atoms with Crippen LogP contribution in [-0.2, 0) is 26.1 Å². The quantitative estimate of drug-likeness (QED) is 0.409. The van der Waals surface area contributed by atoms with E-state index in [4.69, 9.17) is 11.6 Å². The molecule has 1 aliphatic heterocycles. The number of aryl methyl sites for hydroxylation is 1. The molecule has 130 valence electrons. The third kappa shape index (κ3) is 4.83. The van der Waals surface area contributed by atoms with E-state index in [9.17, 15) is 0 Å². The molecule has 2 aromatic rings. The molecular formula is C16H22ClIN6. The van der Waals surface area contributed by atoms with E-state index in [0.29, 0.717) is 13.1 Å². The first-order valence-electron chi connectivity index (χ1n) is 7.94. The highest BCUT2D eigenvalue weighted by molar-refractivity contribution is 14.0. The number of benzene rings is 1. The molecule has 1 aliphatic rings. The number of rotatable bonds is 5. The number of hydrogen-bond donors (Lipinski definition) is 2. The highest BCUT2D eigenvalue weighted by Gasteiger charge is 2.16. The SMILES string of the molecule is CCNC(=NCc1ccc(Cl)cc1)NCc1nnc2n1CCC2.I. The number of nitrogens with zero attached hydrogens (tertiary/aromatic N) is 4.